The molecule has 0 aliphatic carbocycles. The number of nitrogens with zero attached hydrogens (tertiary/aromatic N) is 1. The molecule has 2 rings (SSSR count). The van der Waals surface area contributed by atoms with Crippen LogP contribution in [-0.4, -0.2) is 10.1 Å². The Labute approximate surface area is 108 Å². The predicted octanol–water partition coefficient (Wildman–Crippen LogP) is 3.70. The lowest BCUT2D eigenvalue weighted by Gasteiger charge is -2.25. The first-order valence-electron chi connectivity index (χ1n) is 6.27. The van der Waals surface area contributed by atoms with Gasteiger partial charge in [-0.2, -0.15) is 0 Å². The molecule has 1 aromatic carbocycles. The number of rotatable bonds is 4. The number of aromatic nitrogens is 1. The fourth-order valence-corrected chi connectivity index (χ4v) is 2.04. The zero-order chi connectivity index (χ0) is 13.0. The van der Waals surface area contributed by atoms with Gasteiger partial charge in [-0.1, -0.05) is 32.0 Å². The van der Waals surface area contributed by atoms with Crippen molar-refractivity contribution in [1.82, 2.24) is 4.98 Å². The minimum Gasteiger partial charge on any atom is -0.508 e. The molecule has 0 amide bonds. The minimum absolute atomic E-state index is 0.0885. The van der Waals surface area contributed by atoms with Crippen LogP contribution in [-0.2, 0) is 11.8 Å². The van der Waals surface area contributed by atoms with Crippen molar-refractivity contribution in [2.45, 2.75) is 32.1 Å². The smallest absolute Gasteiger partial charge is 0.115 e. The van der Waals surface area contributed by atoms with Crippen LogP contribution in [0.2, 0.25) is 0 Å². The summed E-state index contributed by atoms with van der Waals surface area (Å²) in [5, 5.41) is 9.32. The third-order valence-corrected chi connectivity index (χ3v) is 3.38. The number of aromatic hydroxyl groups is 1. The van der Waals surface area contributed by atoms with Crippen molar-refractivity contribution < 1.29 is 5.11 Å². The van der Waals surface area contributed by atoms with Crippen molar-refractivity contribution in [3.63, 3.8) is 0 Å². The Bertz CT molecular complexity index is 488. The largest absolute Gasteiger partial charge is 0.508 e. The first kappa shape index (κ1) is 12.6. The summed E-state index contributed by atoms with van der Waals surface area (Å²) < 4.78 is 0. The lowest BCUT2D eigenvalue weighted by molar-refractivity contribution is 0.465. The first-order chi connectivity index (χ1) is 8.58. The van der Waals surface area contributed by atoms with Crippen molar-refractivity contribution in [3.05, 3.63) is 59.9 Å². The number of hydrogen-bond donors (Lipinski definition) is 1. The van der Waals surface area contributed by atoms with Gasteiger partial charge >= 0.3 is 0 Å². The molecular formula is C16H19NO. The lowest BCUT2D eigenvalue weighted by atomic mass is 9.80. The first-order valence-corrected chi connectivity index (χ1v) is 6.27. The maximum Gasteiger partial charge on any atom is 0.115 e. The summed E-state index contributed by atoms with van der Waals surface area (Å²) in [7, 11) is 0. The summed E-state index contributed by atoms with van der Waals surface area (Å²) in [5.74, 6) is 0.319. The summed E-state index contributed by atoms with van der Waals surface area (Å²) in [4.78, 5) is 4.35. The Morgan fingerprint density at radius 3 is 2.39 bits per heavy atom. The number of phenolic OH excluding ortho intramolecular Hbond substituents is 1. The van der Waals surface area contributed by atoms with E-state index in [-0.39, 0.29) is 5.41 Å². The summed E-state index contributed by atoms with van der Waals surface area (Å²) in [5.41, 5.74) is 2.46. The summed E-state index contributed by atoms with van der Waals surface area (Å²) in [6.45, 7) is 4.45. The highest BCUT2D eigenvalue weighted by atomic mass is 16.3. The standard InChI is InChI=1S/C16H19NO/c1-16(2,13-6-8-15(18)9-7-13)11-10-14-5-3-4-12-17-14/h3-9,12,18H,10-11H2,1-2H3. The molecule has 2 nitrogen and oxygen atoms in total. The number of pyridine rings is 1. The van der Waals surface area contributed by atoms with Gasteiger partial charge in [0.05, 0.1) is 0 Å². The van der Waals surface area contributed by atoms with E-state index >= 15 is 0 Å². The molecule has 2 heteroatoms. The van der Waals surface area contributed by atoms with E-state index in [9.17, 15) is 5.11 Å². The van der Waals surface area contributed by atoms with Crippen LogP contribution in [0.5, 0.6) is 5.75 Å². The molecular weight excluding hydrogens is 222 g/mol. The highest BCUT2D eigenvalue weighted by molar-refractivity contribution is 5.30. The van der Waals surface area contributed by atoms with E-state index < -0.39 is 0 Å². The van der Waals surface area contributed by atoms with E-state index in [4.69, 9.17) is 0 Å². The number of aryl methyl sites for hydroxylation is 1. The van der Waals surface area contributed by atoms with Crippen LogP contribution in [0, 0.1) is 0 Å². The third kappa shape index (κ3) is 3.10. The van der Waals surface area contributed by atoms with Crippen LogP contribution in [0.1, 0.15) is 31.5 Å². The van der Waals surface area contributed by atoms with Gasteiger partial charge in [-0.05, 0) is 48.1 Å². The Morgan fingerprint density at radius 1 is 1.06 bits per heavy atom. The van der Waals surface area contributed by atoms with Gasteiger partial charge in [-0.15, -0.1) is 0 Å². The molecule has 0 atom stereocenters. The maximum absolute atomic E-state index is 9.32. The van der Waals surface area contributed by atoms with Gasteiger partial charge in [-0.3, -0.25) is 4.98 Å². The zero-order valence-corrected chi connectivity index (χ0v) is 10.9. The molecule has 1 heterocycles. The second-order valence-electron chi connectivity index (χ2n) is 5.25. The molecule has 0 aliphatic rings. The van der Waals surface area contributed by atoms with Crippen molar-refractivity contribution in [3.8, 4) is 5.75 Å². The van der Waals surface area contributed by atoms with Crippen LogP contribution in [0.4, 0.5) is 0 Å². The molecule has 0 spiro atoms. The Morgan fingerprint density at radius 2 is 1.78 bits per heavy atom. The topological polar surface area (TPSA) is 33.1 Å². The van der Waals surface area contributed by atoms with E-state index in [1.54, 1.807) is 12.1 Å². The molecule has 1 N–H and O–H groups in total. The van der Waals surface area contributed by atoms with Crippen molar-refractivity contribution in [1.29, 1.82) is 0 Å². The van der Waals surface area contributed by atoms with Crippen LogP contribution in [0.15, 0.2) is 48.7 Å². The quantitative estimate of drug-likeness (QED) is 0.885. The number of phenols is 1. The molecule has 0 aliphatic heterocycles. The molecule has 18 heavy (non-hydrogen) atoms. The third-order valence-electron chi connectivity index (χ3n) is 3.38. The SMILES string of the molecule is CC(C)(CCc1ccccn1)c1ccc(O)cc1. The summed E-state index contributed by atoms with van der Waals surface area (Å²) >= 11 is 0. The molecule has 0 saturated carbocycles. The van der Waals surface area contributed by atoms with Gasteiger partial charge < -0.3 is 5.11 Å². The highest BCUT2D eigenvalue weighted by Gasteiger charge is 2.20. The minimum atomic E-state index is 0.0885. The molecule has 2 aromatic rings. The second-order valence-corrected chi connectivity index (χ2v) is 5.25. The van der Waals surface area contributed by atoms with Crippen molar-refractivity contribution in [2.24, 2.45) is 0 Å². The Kier molecular flexibility index (Phi) is 3.66. The van der Waals surface area contributed by atoms with E-state index in [1.807, 2.05) is 30.5 Å². The lowest BCUT2D eigenvalue weighted by Crippen LogP contribution is -2.18. The summed E-state index contributed by atoms with van der Waals surface area (Å²) in [6, 6.07) is 13.5. The average molecular weight is 241 g/mol. The van der Waals surface area contributed by atoms with Crippen molar-refractivity contribution >= 4 is 0 Å². The predicted molar refractivity (Wildman–Crippen MR) is 73.7 cm³/mol. The number of hydrogen-bond acceptors (Lipinski definition) is 2. The molecule has 94 valence electrons. The van der Waals surface area contributed by atoms with Crippen LogP contribution >= 0.6 is 0 Å². The highest BCUT2D eigenvalue weighted by Crippen LogP contribution is 2.29. The van der Waals surface area contributed by atoms with E-state index in [2.05, 4.69) is 24.9 Å². The molecule has 1 aromatic heterocycles. The zero-order valence-electron chi connectivity index (χ0n) is 10.9. The number of benzene rings is 1. The normalized spacial score (nSPS) is 11.4. The van der Waals surface area contributed by atoms with E-state index in [0.717, 1.165) is 18.5 Å². The van der Waals surface area contributed by atoms with Gasteiger partial charge in [-0.25, -0.2) is 0 Å². The van der Waals surface area contributed by atoms with Crippen LogP contribution in [0.3, 0.4) is 0 Å². The Balaban J connectivity index is 2.05. The van der Waals surface area contributed by atoms with Gasteiger partial charge in [0.1, 0.15) is 5.75 Å². The molecule has 0 saturated heterocycles. The van der Waals surface area contributed by atoms with Crippen molar-refractivity contribution in [2.75, 3.05) is 0 Å². The monoisotopic (exact) mass is 241 g/mol. The molecule has 0 radical (unpaired) electrons. The maximum atomic E-state index is 9.32. The Hall–Kier alpha value is -1.83. The van der Waals surface area contributed by atoms with Gasteiger partial charge in [0, 0.05) is 11.9 Å². The van der Waals surface area contributed by atoms with Gasteiger partial charge in [0.25, 0.3) is 0 Å². The van der Waals surface area contributed by atoms with Crippen LogP contribution < -0.4 is 0 Å². The second kappa shape index (κ2) is 5.21. The van der Waals surface area contributed by atoms with E-state index in [0.29, 0.717) is 5.75 Å². The molecule has 0 bridgehead atoms. The van der Waals surface area contributed by atoms with Crippen LogP contribution in [0.25, 0.3) is 0 Å². The summed E-state index contributed by atoms with van der Waals surface area (Å²) in [6.07, 6.45) is 3.84. The molecule has 0 unspecified atom stereocenters. The fraction of sp³-hybridized carbons (Fsp3) is 0.312. The van der Waals surface area contributed by atoms with Gasteiger partial charge in [0.15, 0.2) is 0 Å². The fourth-order valence-electron chi connectivity index (χ4n) is 2.04. The average Bonchev–Trinajstić information content (AvgIpc) is 2.38. The van der Waals surface area contributed by atoms with Gasteiger partial charge in [0.2, 0.25) is 0 Å². The van der Waals surface area contributed by atoms with E-state index in [1.165, 1.54) is 5.56 Å². The molecule has 0 fully saturated rings.